The van der Waals surface area contributed by atoms with Crippen LogP contribution in [0, 0.1) is 12.8 Å². The van der Waals surface area contributed by atoms with Gasteiger partial charge in [0.2, 0.25) is 0 Å². The number of allylic oxidation sites excluding steroid dienone is 1. The van der Waals surface area contributed by atoms with Crippen LogP contribution in [0.4, 0.5) is 5.82 Å². The van der Waals surface area contributed by atoms with Gasteiger partial charge in [0.25, 0.3) is 0 Å². The highest BCUT2D eigenvalue weighted by Gasteiger charge is 2.24. The van der Waals surface area contributed by atoms with Gasteiger partial charge < -0.3 is 15.4 Å². The lowest BCUT2D eigenvalue weighted by molar-refractivity contribution is -0.212. The number of hydrogen-bond donors (Lipinski definition) is 1. The minimum absolute atomic E-state index is 0.0776. The van der Waals surface area contributed by atoms with Crippen LogP contribution in [0.3, 0.4) is 0 Å². The molecule has 0 radical (unpaired) electrons. The Morgan fingerprint density at radius 2 is 2.10 bits per heavy atom. The summed E-state index contributed by atoms with van der Waals surface area (Å²) in [6.45, 7) is 1.58. The fourth-order valence-electron chi connectivity index (χ4n) is 3.36. The SMILES string of the molecule is Cc1ccccc1C([O-])=NS(=O)(=O)OC[C@@H]1C=C[C@H](n2cnc3c(N)ncnc32)C1. The summed E-state index contributed by atoms with van der Waals surface area (Å²) < 4.78 is 34.3. The maximum atomic E-state index is 12.2. The Bertz CT molecular complexity index is 1250. The van der Waals surface area contributed by atoms with Crippen LogP contribution in [0.5, 0.6) is 0 Å². The van der Waals surface area contributed by atoms with Gasteiger partial charge in [0.05, 0.1) is 19.0 Å². The third-order valence-corrected chi connectivity index (χ3v) is 5.72. The largest absolute Gasteiger partial charge is 0.858 e. The van der Waals surface area contributed by atoms with Crippen molar-refractivity contribution in [1.82, 2.24) is 19.5 Å². The van der Waals surface area contributed by atoms with Gasteiger partial charge in [-0.25, -0.2) is 15.0 Å². The molecular weight excluding hydrogens is 408 g/mol. The lowest BCUT2D eigenvalue weighted by atomic mass is 10.1. The number of aromatic nitrogens is 4. The molecule has 11 heteroatoms. The van der Waals surface area contributed by atoms with Crippen molar-refractivity contribution >= 4 is 33.2 Å². The van der Waals surface area contributed by atoms with E-state index in [1.54, 1.807) is 31.5 Å². The Kier molecular flexibility index (Phi) is 5.22. The van der Waals surface area contributed by atoms with E-state index < -0.39 is 16.2 Å². The van der Waals surface area contributed by atoms with Crippen LogP contribution in [0.2, 0.25) is 0 Å². The quantitative estimate of drug-likeness (QED) is 0.346. The normalized spacial score (nSPS) is 19.6. The molecule has 2 atom stereocenters. The second-order valence-corrected chi connectivity index (χ2v) is 8.23. The number of nitrogens with two attached hydrogens (primary N) is 1. The summed E-state index contributed by atoms with van der Waals surface area (Å²) in [5.41, 5.74) is 7.79. The monoisotopic (exact) mass is 427 g/mol. The molecule has 1 aliphatic carbocycles. The zero-order valence-electron chi connectivity index (χ0n) is 16.0. The van der Waals surface area contributed by atoms with E-state index in [1.807, 2.05) is 16.7 Å². The van der Waals surface area contributed by atoms with Crippen molar-refractivity contribution in [3.8, 4) is 0 Å². The molecule has 0 amide bonds. The van der Waals surface area contributed by atoms with Crippen molar-refractivity contribution in [1.29, 1.82) is 0 Å². The smallest absolute Gasteiger partial charge is 0.380 e. The summed E-state index contributed by atoms with van der Waals surface area (Å²) in [6, 6.07) is 6.55. The molecule has 30 heavy (non-hydrogen) atoms. The van der Waals surface area contributed by atoms with E-state index in [9.17, 15) is 13.5 Å². The lowest BCUT2D eigenvalue weighted by Crippen LogP contribution is -2.23. The van der Waals surface area contributed by atoms with E-state index in [1.165, 1.54) is 12.4 Å². The Labute approximate surface area is 173 Å². The Hall–Kier alpha value is -3.31. The molecule has 0 fully saturated rings. The van der Waals surface area contributed by atoms with Crippen LogP contribution >= 0.6 is 0 Å². The van der Waals surface area contributed by atoms with Crippen molar-refractivity contribution < 1.29 is 17.7 Å². The predicted octanol–water partition coefficient (Wildman–Crippen LogP) is 0.903. The number of rotatable bonds is 6. The van der Waals surface area contributed by atoms with Gasteiger partial charge in [-0.1, -0.05) is 36.4 Å². The minimum Gasteiger partial charge on any atom is -0.858 e. The number of hydrogen-bond acceptors (Lipinski definition) is 8. The van der Waals surface area contributed by atoms with E-state index in [2.05, 4.69) is 19.3 Å². The Morgan fingerprint density at radius 3 is 2.90 bits per heavy atom. The number of aryl methyl sites for hydroxylation is 1. The summed E-state index contributed by atoms with van der Waals surface area (Å²) in [7, 11) is -4.36. The Morgan fingerprint density at radius 1 is 1.30 bits per heavy atom. The van der Waals surface area contributed by atoms with Gasteiger partial charge in [0.1, 0.15) is 11.8 Å². The molecule has 0 unspecified atom stereocenters. The van der Waals surface area contributed by atoms with E-state index in [4.69, 9.17) is 9.92 Å². The van der Waals surface area contributed by atoms with Gasteiger partial charge in [0, 0.05) is 11.8 Å². The molecule has 1 aliphatic rings. The number of nitrogens with zero attached hydrogens (tertiary/aromatic N) is 5. The topological polar surface area (TPSA) is 148 Å². The molecule has 2 aromatic heterocycles. The number of benzene rings is 1. The molecule has 10 nitrogen and oxygen atoms in total. The highest BCUT2D eigenvalue weighted by Crippen LogP contribution is 2.31. The van der Waals surface area contributed by atoms with Crippen LogP contribution in [-0.4, -0.2) is 40.4 Å². The van der Waals surface area contributed by atoms with Gasteiger partial charge in [-0.2, -0.15) is 12.8 Å². The van der Waals surface area contributed by atoms with E-state index in [0.29, 0.717) is 29.0 Å². The van der Waals surface area contributed by atoms with Crippen LogP contribution in [-0.2, 0) is 14.5 Å². The molecule has 3 aromatic rings. The molecule has 0 spiro atoms. The first-order valence-electron chi connectivity index (χ1n) is 9.18. The fourth-order valence-corrected chi connectivity index (χ4v) is 4.06. The maximum absolute atomic E-state index is 12.2. The van der Waals surface area contributed by atoms with E-state index in [0.717, 1.165) is 0 Å². The van der Waals surface area contributed by atoms with Crippen molar-refractivity contribution in [3.63, 3.8) is 0 Å². The summed E-state index contributed by atoms with van der Waals surface area (Å²) in [4.78, 5) is 12.4. The van der Waals surface area contributed by atoms with E-state index in [-0.39, 0.29) is 24.1 Å². The minimum atomic E-state index is -4.36. The van der Waals surface area contributed by atoms with Gasteiger partial charge >= 0.3 is 10.3 Å². The van der Waals surface area contributed by atoms with Gasteiger partial charge in [-0.05, 0) is 24.5 Å². The lowest BCUT2D eigenvalue weighted by Gasteiger charge is -2.15. The molecule has 156 valence electrons. The molecule has 0 aliphatic heterocycles. The predicted molar refractivity (Wildman–Crippen MR) is 109 cm³/mol. The first kappa shape index (κ1) is 20.0. The summed E-state index contributed by atoms with van der Waals surface area (Å²) >= 11 is 0. The van der Waals surface area contributed by atoms with Crippen molar-refractivity contribution in [2.75, 3.05) is 12.3 Å². The number of fused-ring (bicyclic) bond motifs is 1. The molecule has 4 rings (SSSR count). The summed E-state index contributed by atoms with van der Waals surface area (Å²) in [5.74, 6) is -0.730. The fraction of sp³-hybridized carbons (Fsp3) is 0.263. The maximum Gasteiger partial charge on any atom is 0.380 e. The first-order chi connectivity index (χ1) is 14.3. The Balaban J connectivity index is 1.41. The number of imidazole rings is 1. The average Bonchev–Trinajstić information content (AvgIpc) is 3.34. The molecule has 1 aromatic carbocycles. The summed E-state index contributed by atoms with van der Waals surface area (Å²) in [6.07, 6.45) is 7.36. The number of anilines is 1. The average molecular weight is 427 g/mol. The van der Waals surface area contributed by atoms with Crippen molar-refractivity contribution in [3.05, 3.63) is 60.2 Å². The summed E-state index contributed by atoms with van der Waals surface area (Å²) in [5, 5.41) is 12.2. The van der Waals surface area contributed by atoms with Gasteiger partial charge in [0.15, 0.2) is 11.5 Å². The number of nitrogen functional groups attached to an aromatic ring is 1. The third-order valence-electron chi connectivity index (χ3n) is 4.90. The van der Waals surface area contributed by atoms with Crippen molar-refractivity contribution in [2.24, 2.45) is 10.3 Å². The van der Waals surface area contributed by atoms with Crippen molar-refractivity contribution in [2.45, 2.75) is 19.4 Å². The highest BCUT2D eigenvalue weighted by molar-refractivity contribution is 7.85. The highest BCUT2D eigenvalue weighted by atomic mass is 32.2. The van der Waals surface area contributed by atoms with Crippen LogP contribution < -0.4 is 10.8 Å². The second kappa shape index (κ2) is 7.84. The van der Waals surface area contributed by atoms with Crippen LogP contribution in [0.1, 0.15) is 23.6 Å². The standard InChI is InChI=1S/C19H20N6O4S/c1-12-4-2-3-5-15(12)19(26)24-30(27,28)29-9-13-6-7-14(8-13)25-11-23-16-17(20)21-10-22-18(16)25/h2-7,10-11,13-14H,8-9H2,1H3,(H,24,26)(H2,20,21,22)/p-1/t13-,14+/m1/s1. The second-order valence-electron chi connectivity index (χ2n) is 6.95. The molecule has 2 heterocycles. The first-order valence-corrected chi connectivity index (χ1v) is 10.5. The van der Waals surface area contributed by atoms with Gasteiger partial charge in [-0.15, -0.1) is 0 Å². The third kappa shape index (κ3) is 4.02. The molecule has 0 saturated carbocycles. The van der Waals surface area contributed by atoms with Gasteiger partial charge in [-0.3, -0.25) is 4.18 Å². The van der Waals surface area contributed by atoms with E-state index >= 15 is 0 Å². The van der Waals surface area contributed by atoms with Crippen LogP contribution in [0.15, 0.2) is 53.5 Å². The molecule has 2 N–H and O–H groups in total. The molecular formula is C19H19N6O4S-. The molecule has 0 saturated heterocycles. The zero-order valence-corrected chi connectivity index (χ0v) is 16.9. The zero-order chi connectivity index (χ0) is 21.3. The van der Waals surface area contributed by atoms with Crippen LogP contribution in [0.25, 0.3) is 11.2 Å². The molecule has 0 bridgehead atoms.